The third-order valence-electron chi connectivity index (χ3n) is 5.42. The quantitative estimate of drug-likeness (QED) is 0.177. The highest BCUT2D eigenvalue weighted by atomic mass is 32.2. The van der Waals surface area contributed by atoms with Crippen LogP contribution in [-0.2, 0) is 10.5 Å². The van der Waals surface area contributed by atoms with Gasteiger partial charge in [0, 0.05) is 35.3 Å². The van der Waals surface area contributed by atoms with E-state index in [0.717, 1.165) is 23.8 Å². The van der Waals surface area contributed by atoms with E-state index in [2.05, 4.69) is 15.8 Å². The molecule has 0 aliphatic heterocycles. The van der Waals surface area contributed by atoms with Crippen LogP contribution in [0.2, 0.25) is 0 Å². The number of carbonyl (C=O) groups is 2. The minimum absolute atomic E-state index is 0.116. The van der Waals surface area contributed by atoms with Gasteiger partial charge in [-0.1, -0.05) is 30.3 Å². The Labute approximate surface area is 232 Å². The van der Waals surface area contributed by atoms with Gasteiger partial charge in [0.05, 0.1) is 41.9 Å². The summed E-state index contributed by atoms with van der Waals surface area (Å²) in [7, 11) is 2.98. The van der Waals surface area contributed by atoms with Crippen molar-refractivity contribution in [2.24, 2.45) is 5.10 Å². The molecule has 0 aliphatic carbocycles. The molecule has 0 radical (unpaired) electrons. The second-order valence-electron chi connectivity index (χ2n) is 8.12. The Kier molecular flexibility index (Phi) is 10.5. The van der Waals surface area contributed by atoms with Crippen molar-refractivity contribution in [1.82, 2.24) is 10.7 Å². The van der Waals surface area contributed by atoms with Crippen molar-refractivity contribution in [3.63, 3.8) is 0 Å². The van der Waals surface area contributed by atoms with Crippen LogP contribution in [-0.4, -0.2) is 53.9 Å². The molecule has 0 unspecified atom stereocenters. The summed E-state index contributed by atoms with van der Waals surface area (Å²) >= 11 is 1.36. The summed E-state index contributed by atoms with van der Waals surface area (Å²) in [6.45, 7) is 0. The van der Waals surface area contributed by atoms with Gasteiger partial charge in [-0.25, -0.2) is 5.43 Å². The van der Waals surface area contributed by atoms with E-state index < -0.39 is 39.1 Å². The zero-order valence-corrected chi connectivity index (χ0v) is 22.3. The number of hydrogen-bond acceptors (Lipinski definition) is 10. The lowest BCUT2D eigenvalue weighted by atomic mass is 10.1. The molecule has 0 fully saturated rings. The number of nitro benzene ring substituents is 2. The Morgan fingerprint density at radius 3 is 2.25 bits per heavy atom. The van der Waals surface area contributed by atoms with E-state index in [9.17, 15) is 29.8 Å². The number of amides is 2. The van der Waals surface area contributed by atoms with Gasteiger partial charge in [-0.05, 0) is 17.7 Å². The van der Waals surface area contributed by atoms with Crippen molar-refractivity contribution < 1.29 is 28.9 Å². The molecule has 0 bridgehead atoms. The first kappa shape index (κ1) is 29.6. The first-order chi connectivity index (χ1) is 19.2. The van der Waals surface area contributed by atoms with E-state index in [0.29, 0.717) is 22.8 Å². The minimum atomic E-state index is -1.13. The predicted octanol–water partition coefficient (Wildman–Crippen LogP) is 3.70. The second kappa shape index (κ2) is 14.2. The van der Waals surface area contributed by atoms with E-state index in [-0.39, 0.29) is 11.3 Å². The smallest absolute Gasteiger partial charge is 0.277 e. The van der Waals surface area contributed by atoms with Gasteiger partial charge in [-0.3, -0.25) is 29.8 Å². The van der Waals surface area contributed by atoms with Crippen LogP contribution < -0.4 is 20.2 Å². The van der Waals surface area contributed by atoms with Gasteiger partial charge in [-0.15, -0.1) is 0 Å². The number of nitrogens with one attached hydrogen (secondary N) is 2. The molecule has 208 valence electrons. The number of thioether (sulfide) groups is 1. The van der Waals surface area contributed by atoms with Crippen molar-refractivity contribution in [1.29, 1.82) is 0 Å². The van der Waals surface area contributed by atoms with Crippen LogP contribution in [0.25, 0.3) is 0 Å². The van der Waals surface area contributed by atoms with Crippen LogP contribution in [0.1, 0.15) is 21.5 Å². The van der Waals surface area contributed by atoms with E-state index in [1.807, 2.05) is 30.3 Å². The van der Waals surface area contributed by atoms with Crippen LogP contribution >= 0.6 is 11.8 Å². The van der Waals surface area contributed by atoms with Gasteiger partial charge in [0.1, 0.15) is 17.5 Å². The SMILES string of the molecule is COc1ccc(/C=N\NC(=O)[C@H](CSCc2ccccc2)NC(=O)c2cc([N+](=O)[O-])cc([N+](=O)[O-])c2)c(OC)c1. The Hall–Kier alpha value is -4.98. The average Bonchev–Trinajstić information content (AvgIpc) is 2.96. The first-order valence-corrected chi connectivity index (χ1v) is 12.8. The zero-order valence-electron chi connectivity index (χ0n) is 21.4. The van der Waals surface area contributed by atoms with E-state index in [1.165, 1.54) is 32.2 Å². The molecule has 0 heterocycles. The van der Waals surface area contributed by atoms with Crippen molar-refractivity contribution in [2.45, 2.75) is 11.8 Å². The number of methoxy groups -OCH3 is 2. The fourth-order valence-electron chi connectivity index (χ4n) is 3.40. The van der Waals surface area contributed by atoms with Crippen LogP contribution in [0.4, 0.5) is 11.4 Å². The third-order valence-corrected chi connectivity index (χ3v) is 6.53. The molecule has 0 saturated carbocycles. The highest BCUT2D eigenvalue weighted by Crippen LogP contribution is 2.24. The summed E-state index contributed by atoms with van der Waals surface area (Å²) in [6, 6.07) is 15.9. The lowest BCUT2D eigenvalue weighted by Crippen LogP contribution is -2.47. The topological polar surface area (TPSA) is 175 Å². The molecule has 2 amide bonds. The molecule has 1 atom stereocenters. The fourth-order valence-corrected chi connectivity index (χ4v) is 4.42. The molecule has 0 saturated heterocycles. The molecule has 3 rings (SSSR count). The second-order valence-corrected chi connectivity index (χ2v) is 9.15. The van der Waals surface area contributed by atoms with Gasteiger partial charge >= 0.3 is 0 Å². The average molecular weight is 568 g/mol. The number of hydrazone groups is 1. The summed E-state index contributed by atoms with van der Waals surface area (Å²) in [5.41, 5.74) is 2.33. The number of hydrogen-bond donors (Lipinski definition) is 2. The van der Waals surface area contributed by atoms with Crippen molar-refractivity contribution in [2.75, 3.05) is 20.0 Å². The van der Waals surface area contributed by atoms with E-state index >= 15 is 0 Å². The Bertz CT molecular complexity index is 1390. The Morgan fingerprint density at radius 1 is 0.975 bits per heavy atom. The van der Waals surface area contributed by atoms with Crippen molar-refractivity contribution in [3.8, 4) is 11.5 Å². The van der Waals surface area contributed by atoms with E-state index in [4.69, 9.17) is 9.47 Å². The number of carbonyl (C=O) groups excluding carboxylic acids is 2. The maximum absolute atomic E-state index is 13.0. The van der Waals surface area contributed by atoms with E-state index in [1.54, 1.807) is 18.2 Å². The highest BCUT2D eigenvalue weighted by Gasteiger charge is 2.25. The molecule has 40 heavy (non-hydrogen) atoms. The lowest BCUT2D eigenvalue weighted by Gasteiger charge is -2.17. The Morgan fingerprint density at radius 2 is 1.65 bits per heavy atom. The summed E-state index contributed by atoms with van der Waals surface area (Å²) in [5.74, 6) is 0.108. The predicted molar refractivity (Wildman–Crippen MR) is 149 cm³/mol. The highest BCUT2D eigenvalue weighted by molar-refractivity contribution is 7.98. The maximum Gasteiger partial charge on any atom is 0.277 e. The summed E-state index contributed by atoms with van der Waals surface area (Å²) in [6.07, 6.45) is 1.36. The molecule has 14 heteroatoms. The molecule has 2 N–H and O–H groups in total. The van der Waals surface area contributed by atoms with Crippen LogP contribution in [0.5, 0.6) is 11.5 Å². The number of ether oxygens (including phenoxy) is 2. The van der Waals surface area contributed by atoms with Gasteiger partial charge in [-0.2, -0.15) is 16.9 Å². The van der Waals surface area contributed by atoms with Gasteiger partial charge < -0.3 is 14.8 Å². The Balaban J connectivity index is 1.78. The molecule has 3 aromatic carbocycles. The van der Waals surface area contributed by atoms with Crippen LogP contribution in [0.3, 0.4) is 0 Å². The number of benzene rings is 3. The largest absolute Gasteiger partial charge is 0.497 e. The van der Waals surface area contributed by atoms with Gasteiger partial charge in [0.2, 0.25) is 0 Å². The summed E-state index contributed by atoms with van der Waals surface area (Å²) in [4.78, 5) is 46.8. The van der Waals surface area contributed by atoms with Crippen molar-refractivity contribution >= 4 is 41.2 Å². The maximum atomic E-state index is 13.0. The zero-order chi connectivity index (χ0) is 29.1. The molecular formula is C26H25N5O8S. The lowest BCUT2D eigenvalue weighted by molar-refractivity contribution is -0.394. The normalized spacial score (nSPS) is 11.4. The van der Waals surface area contributed by atoms with Crippen LogP contribution in [0.15, 0.2) is 71.8 Å². The minimum Gasteiger partial charge on any atom is -0.497 e. The van der Waals surface area contributed by atoms with Gasteiger partial charge in [0.25, 0.3) is 23.2 Å². The first-order valence-electron chi connectivity index (χ1n) is 11.6. The molecule has 13 nitrogen and oxygen atoms in total. The van der Waals surface area contributed by atoms with Crippen molar-refractivity contribution in [3.05, 3.63) is 104 Å². The number of rotatable bonds is 13. The number of nitro groups is 2. The number of nitrogens with zero attached hydrogens (tertiary/aromatic N) is 3. The molecule has 0 aliphatic rings. The molecular weight excluding hydrogens is 542 g/mol. The summed E-state index contributed by atoms with van der Waals surface area (Å²) < 4.78 is 10.5. The third kappa shape index (κ3) is 8.26. The monoisotopic (exact) mass is 567 g/mol. The van der Waals surface area contributed by atoms with Gasteiger partial charge in [0.15, 0.2) is 0 Å². The molecule has 0 aromatic heterocycles. The fraction of sp³-hybridized carbons (Fsp3) is 0.192. The standard InChI is InChI=1S/C26H25N5O8S/c1-38-22-9-8-18(24(13-22)39-2)14-27-29-26(33)23(16-40-15-17-6-4-3-5-7-17)28-25(32)19-10-20(30(34)35)12-21(11-19)31(36)37/h3-14,23H,15-16H2,1-2H3,(H,28,32)(H,29,33)/b27-14-/t23-/m0/s1. The molecule has 3 aromatic rings. The molecule has 0 spiro atoms. The van der Waals surface area contributed by atoms with Crippen LogP contribution in [0, 0.1) is 20.2 Å². The number of non-ortho nitro benzene ring substituents is 2. The summed E-state index contributed by atoms with van der Waals surface area (Å²) in [5, 5.41) is 28.9.